The van der Waals surface area contributed by atoms with Crippen molar-refractivity contribution in [2.24, 2.45) is 0 Å². The SMILES string of the molecule is COc1cc(CNC(=O)CN2CCN(C(C)=O)CC2)cc(OC)c1OC. The smallest absolute Gasteiger partial charge is 0.234 e. The number of piperazine rings is 1. The topological polar surface area (TPSA) is 80.3 Å². The molecule has 0 unspecified atom stereocenters. The minimum atomic E-state index is -0.0602. The second-order valence-electron chi connectivity index (χ2n) is 6.09. The van der Waals surface area contributed by atoms with Crippen LogP contribution in [0.3, 0.4) is 0 Å². The van der Waals surface area contributed by atoms with Gasteiger partial charge in [0.15, 0.2) is 11.5 Å². The van der Waals surface area contributed by atoms with Gasteiger partial charge in [-0.2, -0.15) is 0 Å². The molecule has 0 spiro atoms. The molecule has 1 fully saturated rings. The fraction of sp³-hybridized carbons (Fsp3) is 0.556. The normalized spacial score (nSPS) is 14.7. The van der Waals surface area contributed by atoms with Gasteiger partial charge in [-0.05, 0) is 17.7 Å². The molecule has 2 rings (SSSR count). The molecule has 144 valence electrons. The molecule has 0 atom stereocenters. The summed E-state index contributed by atoms with van der Waals surface area (Å²) in [6.45, 7) is 4.98. The van der Waals surface area contributed by atoms with Gasteiger partial charge < -0.3 is 24.4 Å². The fourth-order valence-electron chi connectivity index (χ4n) is 2.92. The minimum absolute atomic E-state index is 0.0602. The third-order valence-corrected chi connectivity index (χ3v) is 4.40. The standard InChI is InChI=1S/C18H27N3O5/c1-13(22)21-7-5-20(6-8-21)12-17(23)19-11-14-9-15(24-2)18(26-4)16(10-14)25-3/h9-10H,5-8,11-12H2,1-4H3,(H,19,23). The Morgan fingerprint density at radius 1 is 1.00 bits per heavy atom. The Morgan fingerprint density at radius 3 is 2.04 bits per heavy atom. The molecule has 0 aliphatic carbocycles. The largest absolute Gasteiger partial charge is 0.493 e. The molecule has 26 heavy (non-hydrogen) atoms. The van der Waals surface area contributed by atoms with Gasteiger partial charge in [0.1, 0.15) is 0 Å². The number of nitrogens with one attached hydrogen (secondary N) is 1. The first-order chi connectivity index (χ1) is 12.5. The first-order valence-corrected chi connectivity index (χ1v) is 8.52. The van der Waals surface area contributed by atoms with Gasteiger partial charge in [0.2, 0.25) is 17.6 Å². The first kappa shape index (κ1) is 19.8. The van der Waals surface area contributed by atoms with Crippen LogP contribution >= 0.6 is 0 Å². The summed E-state index contributed by atoms with van der Waals surface area (Å²) in [5, 5.41) is 2.91. The lowest BCUT2D eigenvalue weighted by molar-refractivity contribution is -0.131. The van der Waals surface area contributed by atoms with Gasteiger partial charge in [-0.15, -0.1) is 0 Å². The van der Waals surface area contributed by atoms with Gasteiger partial charge in [-0.25, -0.2) is 0 Å². The van der Waals surface area contributed by atoms with Crippen molar-refractivity contribution in [1.82, 2.24) is 15.1 Å². The summed E-state index contributed by atoms with van der Waals surface area (Å²) >= 11 is 0. The van der Waals surface area contributed by atoms with Crippen LogP contribution in [0.25, 0.3) is 0 Å². The summed E-state index contributed by atoms with van der Waals surface area (Å²) in [4.78, 5) is 27.4. The molecule has 8 nitrogen and oxygen atoms in total. The van der Waals surface area contributed by atoms with E-state index in [1.165, 1.54) is 0 Å². The van der Waals surface area contributed by atoms with E-state index >= 15 is 0 Å². The summed E-state index contributed by atoms with van der Waals surface area (Å²) in [6.07, 6.45) is 0. The predicted molar refractivity (Wildman–Crippen MR) is 96.6 cm³/mol. The van der Waals surface area contributed by atoms with Crippen LogP contribution in [0, 0.1) is 0 Å². The van der Waals surface area contributed by atoms with Gasteiger partial charge in [0, 0.05) is 39.6 Å². The second-order valence-corrected chi connectivity index (χ2v) is 6.09. The number of hydrogen-bond donors (Lipinski definition) is 1. The van der Waals surface area contributed by atoms with E-state index in [-0.39, 0.29) is 11.8 Å². The van der Waals surface area contributed by atoms with Crippen LogP contribution in [0.1, 0.15) is 12.5 Å². The number of carbonyl (C=O) groups is 2. The summed E-state index contributed by atoms with van der Waals surface area (Å²) in [5.41, 5.74) is 0.856. The van der Waals surface area contributed by atoms with E-state index in [4.69, 9.17) is 14.2 Å². The molecule has 1 N–H and O–H groups in total. The van der Waals surface area contributed by atoms with E-state index in [1.807, 2.05) is 17.0 Å². The predicted octanol–water partition coefficient (Wildman–Crippen LogP) is 0.493. The maximum Gasteiger partial charge on any atom is 0.234 e. The van der Waals surface area contributed by atoms with Gasteiger partial charge in [0.05, 0.1) is 27.9 Å². The number of benzene rings is 1. The Bertz CT molecular complexity index is 617. The summed E-state index contributed by atoms with van der Waals surface area (Å²) in [6, 6.07) is 3.63. The summed E-state index contributed by atoms with van der Waals surface area (Å²) in [7, 11) is 4.66. The van der Waals surface area contributed by atoms with Crippen molar-refractivity contribution < 1.29 is 23.8 Å². The lowest BCUT2D eigenvalue weighted by Crippen LogP contribution is -2.50. The number of rotatable bonds is 7. The van der Waals surface area contributed by atoms with E-state index in [9.17, 15) is 9.59 Å². The Labute approximate surface area is 154 Å². The van der Waals surface area contributed by atoms with E-state index < -0.39 is 0 Å². The Hall–Kier alpha value is -2.48. The molecule has 1 heterocycles. The van der Waals surface area contributed by atoms with Gasteiger partial charge in [0.25, 0.3) is 0 Å². The van der Waals surface area contributed by atoms with E-state index in [0.717, 1.165) is 5.56 Å². The molecule has 1 aliphatic heterocycles. The maximum atomic E-state index is 12.2. The van der Waals surface area contributed by atoms with Crippen molar-refractivity contribution in [1.29, 1.82) is 0 Å². The number of amides is 2. The zero-order valence-electron chi connectivity index (χ0n) is 15.8. The monoisotopic (exact) mass is 365 g/mol. The highest BCUT2D eigenvalue weighted by molar-refractivity contribution is 5.78. The molecule has 2 amide bonds. The third-order valence-electron chi connectivity index (χ3n) is 4.40. The Kier molecular flexibility index (Phi) is 7.08. The molecule has 0 aromatic heterocycles. The molecule has 1 saturated heterocycles. The molecular formula is C18H27N3O5. The van der Waals surface area contributed by atoms with Crippen LogP contribution in [0.5, 0.6) is 17.2 Å². The lowest BCUT2D eigenvalue weighted by atomic mass is 10.1. The minimum Gasteiger partial charge on any atom is -0.493 e. The molecule has 0 saturated carbocycles. The van der Waals surface area contributed by atoms with Crippen molar-refractivity contribution in [2.45, 2.75) is 13.5 Å². The van der Waals surface area contributed by atoms with E-state index in [2.05, 4.69) is 5.32 Å². The van der Waals surface area contributed by atoms with E-state index in [0.29, 0.717) is 56.5 Å². The molecule has 0 bridgehead atoms. The first-order valence-electron chi connectivity index (χ1n) is 8.52. The maximum absolute atomic E-state index is 12.2. The van der Waals surface area contributed by atoms with Crippen molar-refractivity contribution in [3.63, 3.8) is 0 Å². The Balaban J connectivity index is 1.88. The van der Waals surface area contributed by atoms with Gasteiger partial charge in [-0.3, -0.25) is 14.5 Å². The van der Waals surface area contributed by atoms with Gasteiger partial charge >= 0.3 is 0 Å². The molecular weight excluding hydrogens is 338 g/mol. The highest BCUT2D eigenvalue weighted by atomic mass is 16.5. The third kappa shape index (κ3) is 5.01. The highest BCUT2D eigenvalue weighted by Crippen LogP contribution is 2.38. The van der Waals surface area contributed by atoms with Gasteiger partial charge in [-0.1, -0.05) is 0 Å². The second kappa shape index (κ2) is 9.28. The quantitative estimate of drug-likeness (QED) is 0.758. The van der Waals surface area contributed by atoms with Crippen LogP contribution in [0.4, 0.5) is 0 Å². The zero-order chi connectivity index (χ0) is 19.1. The van der Waals surface area contributed by atoms with Crippen LogP contribution in [0.15, 0.2) is 12.1 Å². The van der Waals surface area contributed by atoms with Crippen LogP contribution in [0.2, 0.25) is 0 Å². The number of carbonyl (C=O) groups excluding carboxylic acids is 2. The summed E-state index contributed by atoms with van der Waals surface area (Å²) < 4.78 is 15.9. The number of nitrogens with zero attached hydrogens (tertiary/aromatic N) is 2. The summed E-state index contributed by atoms with van der Waals surface area (Å²) in [5.74, 6) is 1.65. The van der Waals surface area contributed by atoms with Crippen LogP contribution in [-0.2, 0) is 16.1 Å². The van der Waals surface area contributed by atoms with Crippen molar-refractivity contribution in [3.8, 4) is 17.2 Å². The Morgan fingerprint density at radius 2 is 1.58 bits per heavy atom. The average Bonchev–Trinajstić information content (AvgIpc) is 2.65. The van der Waals surface area contributed by atoms with Crippen molar-refractivity contribution >= 4 is 11.8 Å². The van der Waals surface area contributed by atoms with Crippen LogP contribution < -0.4 is 19.5 Å². The number of hydrogen-bond acceptors (Lipinski definition) is 6. The van der Waals surface area contributed by atoms with Crippen LogP contribution in [-0.4, -0.2) is 75.7 Å². The molecule has 1 aromatic rings. The molecule has 1 aromatic carbocycles. The molecule has 0 radical (unpaired) electrons. The van der Waals surface area contributed by atoms with Crippen molar-refractivity contribution in [3.05, 3.63) is 17.7 Å². The number of ether oxygens (including phenoxy) is 3. The molecule has 1 aliphatic rings. The zero-order valence-corrected chi connectivity index (χ0v) is 15.8. The lowest BCUT2D eigenvalue weighted by Gasteiger charge is -2.33. The van der Waals surface area contributed by atoms with Crippen molar-refractivity contribution in [2.75, 3.05) is 54.1 Å². The van der Waals surface area contributed by atoms with E-state index in [1.54, 1.807) is 33.2 Å². The fourth-order valence-corrected chi connectivity index (χ4v) is 2.92. The number of methoxy groups -OCH3 is 3. The molecule has 8 heteroatoms. The highest BCUT2D eigenvalue weighted by Gasteiger charge is 2.20. The average molecular weight is 365 g/mol.